The Morgan fingerprint density at radius 3 is 2.53 bits per heavy atom. The summed E-state index contributed by atoms with van der Waals surface area (Å²) in [5, 5.41) is 3.08. The van der Waals surface area contributed by atoms with E-state index in [1.165, 1.54) is 29.7 Å². The second-order valence-electron chi connectivity index (χ2n) is 7.09. The zero-order valence-electron chi connectivity index (χ0n) is 16.4. The summed E-state index contributed by atoms with van der Waals surface area (Å²) < 4.78 is 27.7. The van der Waals surface area contributed by atoms with Gasteiger partial charge in [-0.1, -0.05) is 41.1 Å². The molecule has 2 aromatic heterocycles. The van der Waals surface area contributed by atoms with Crippen LogP contribution < -0.4 is 15.8 Å². The monoisotopic (exact) mass is 465 g/mol. The van der Waals surface area contributed by atoms with Crippen molar-refractivity contribution >= 4 is 49.7 Å². The zero-order valence-corrected chi connectivity index (χ0v) is 18.8. The Bertz CT molecular complexity index is 1190. The molecule has 0 saturated carbocycles. The van der Waals surface area contributed by atoms with Gasteiger partial charge in [0.1, 0.15) is 0 Å². The van der Waals surface area contributed by atoms with Crippen LogP contribution in [-0.4, -0.2) is 29.8 Å². The summed E-state index contributed by atoms with van der Waals surface area (Å²) in [5.74, 6) is -0.367. The van der Waals surface area contributed by atoms with Gasteiger partial charge in [-0.15, -0.1) is 0 Å². The van der Waals surface area contributed by atoms with Crippen LogP contribution in [0.15, 0.2) is 47.5 Å². The van der Waals surface area contributed by atoms with Crippen molar-refractivity contribution in [2.24, 2.45) is 5.73 Å². The van der Waals surface area contributed by atoms with Crippen LogP contribution in [0.3, 0.4) is 0 Å². The van der Waals surface area contributed by atoms with E-state index in [2.05, 4.69) is 20.0 Å². The van der Waals surface area contributed by atoms with Crippen LogP contribution in [0, 0.1) is 6.92 Å². The van der Waals surface area contributed by atoms with Gasteiger partial charge in [0.05, 0.1) is 26.7 Å². The summed E-state index contributed by atoms with van der Waals surface area (Å²) >= 11 is 7.35. The number of thiazole rings is 1. The van der Waals surface area contributed by atoms with Gasteiger partial charge in [-0.2, -0.15) is 0 Å². The Morgan fingerprint density at radius 1 is 1.23 bits per heavy atom. The van der Waals surface area contributed by atoms with E-state index in [9.17, 15) is 13.2 Å². The fourth-order valence-corrected chi connectivity index (χ4v) is 4.65. The van der Waals surface area contributed by atoms with E-state index in [-0.39, 0.29) is 21.6 Å². The molecule has 0 unspecified atom stereocenters. The van der Waals surface area contributed by atoms with Gasteiger partial charge in [-0.3, -0.25) is 9.52 Å². The highest BCUT2D eigenvalue weighted by Crippen LogP contribution is 2.35. The van der Waals surface area contributed by atoms with Gasteiger partial charge in [0, 0.05) is 11.8 Å². The summed E-state index contributed by atoms with van der Waals surface area (Å²) in [5.41, 5.74) is 6.14. The number of nitrogens with zero attached hydrogens (tertiary/aromatic N) is 2. The largest absolute Gasteiger partial charge is 0.318 e. The van der Waals surface area contributed by atoms with Gasteiger partial charge in [-0.05, 0) is 39.0 Å². The molecule has 0 fully saturated rings. The van der Waals surface area contributed by atoms with Crippen molar-refractivity contribution in [2.75, 3.05) is 10.0 Å². The maximum Gasteiger partial charge on any atom is 0.261 e. The molecule has 0 aliphatic carbocycles. The quantitative estimate of drug-likeness (QED) is 0.477. The smallest absolute Gasteiger partial charge is 0.261 e. The van der Waals surface area contributed by atoms with Crippen molar-refractivity contribution in [1.29, 1.82) is 0 Å². The van der Waals surface area contributed by atoms with E-state index in [0.29, 0.717) is 21.3 Å². The van der Waals surface area contributed by atoms with Crippen LogP contribution in [0.4, 0.5) is 10.8 Å². The lowest BCUT2D eigenvalue weighted by atomic mass is 10.1. The van der Waals surface area contributed by atoms with E-state index in [1.807, 2.05) is 0 Å². The van der Waals surface area contributed by atoms with Crippen molar-refractivity contribution in [3.05, 3.63) is 53.4 Å². The van der Waals surface area contributed by atoms with Crippen LogP contribution in [0.1, 0.15) is 19.5 Å². The molecule has 0 saturated heterocycles. The molecule has 0 bridgehead atoms. The molecular formula is C19H20ClN5O3S2. The summed E-state index contributed by atoms with van der Waals surface area (Å²) in [4.78, 5) is 21.4. The molecule has 1 aromatic carbocycles. The molecule has 158 valence electrons. The highest BCUT2D eigenvalue weighted by Gasteiger charge is 2.24. The molecule has 0 aliphatic rings. The number of aromatic nitrogens is 2. The van der Waals surface area contributed by atoms with Crippen LogP contribution >= 0.6 is 22.9 Å². The number of nitrogens with two attached hydrogens (primary N) is 1. The van der Waals surface area contributed by atoms with Crippen LogP contribution in [0.25, 0.3) is 10.4 Å². The van der Waals surface area contributed by atoms with Gasteiger partial charge >= 0.3 is 0 Å². The number of aryl methyl sites for hydroxylation is 1. The normalized spacial score (nSPS) is 11.9. The van der Waals surface area contributed by atoms with E-state index in [1.54, 1.807) is 45.0 Å². The highest BCUT2D eigenvalue weighted by atomic mass is 35.5. The molecule has 0 spiro atoms. The van der Waals surface area contributed by atoms with Crippen molar-refractivity contribution in [3.8, 4) is 10.4 Å². The van der Waals surface area contributed by atoms with Crippen molar-refractivity contribution < 1.29 is 13.2 Å². The number of benzene rings is 1. The second-order valence-corrected chi connectivity index (χ2v) is 10.1. The molecule has 8 nitrogen and oxygen atoms in total. The average molecular weight is 466 g/mol. The van der Waals surface area contributed by atoms with Crippen molar-refractivity contribution in [2.45, 2.75) is 31.2 Å². The van der Waals surface area contributed by atoms with Crippen LogP contribution in [0.2, 0.25) is 5.15 Å². The zero-order chi connectivity index (χ0) is 22.1. The minimum absolute atomic E-state index is 0.0128. The Morgan fingerprint density at radius 2 is 1.90 bits per heavy atom. The van der Waals surface area contributed by atoms with E-state index >= 15 is 0 Å². The lowest BCUT2D eigenvalue weighted by Crippen LogP contribution is -2.45. The van der Waals surface area contributed by atoms with Crippen LogP contribution in [-0.2, 0) is 14.8 Å². The second kappa shape index (κ2) is 8.31. The average Bonchev–Trinajstić information content (AvgIpc) is 3.03. The number of halogens is 1. The Kier molecular flexibility index (Phi) is 6.14. The Labute approximate surface area is 183 Å². The molecule has 1 amide bonds. The molecule has 3 aromatic rings. The van der Waals surface area contributed by atoms with E-state index in [0.717, 1.165) is 0 Å². The number of amides is 1. The third kappa shape index (κ3) is 4.96. The molecule has 3 rings (SSSR count). The number of nitrogens with one attached hydrogen (secondary N) is 2. The first kappa shape index (κ1) is 22.2. The topological polar surface area (TPSA) is 127 Å². The first-order valence-electron chi connectivity index (χ1n) is 8.79. The molecule has 0 aliphatic heterocycles. The summed E-state index contributed by atoms with van der Waals surface area (Å²) in [6.45, 7) is 4.97. The third-order valence-electron chi connectivity index (χ3n) is 4.00. The predicted octanol–water partition coefficient (Wildman–Crippen LogP) is 3.64. The van der Waals surface area contributed by atoms with E-state index in [4.69, 9.17) is 17.3 Å². The number of hydrogen-bond acceptors (Lipinski definition) is 7. The minimum Gasteiger partial charge on any atom is -0.318 e. The SMILES string of the molecule is Cc1nc(NC(=O)C(C)(C)N)sc1-c1cnc(Cl)c(NS(=O)(=O)c2ccccc2)c1. The van der Waals surface area contributed by atoms with Gasteiger partial charge in [0.25, 0.3) is 10.0 Å². The minimum atomic E-state index is -3.83. The highest BCUT2D eigenvalue weighted by molar-refractivity contribution is 7.92. The molecular weight excluding hydrogens is 446 g/mol. The molecule has 2 heterocycles. The number of anilines is 2. The van der Waals surface area contributed by atoms with Gasteiger partial charge in [-0.25, -0.2) is 18.4 Å². The lowest BCUT2D eigenvalue weighted by molar-refractivity contribution is -0.120. The van der Waals surface area contributed by atoms with E-state index < -0.39 is 15.6 Å². The van der Waals surface area contributed by atoms with Gasteiger partial charge < -0.3 is 11.1 Å². The third-order valence-corrected chi connectivity index (χ3v) is 6.81. The van der Waals surface area contributed by atoms with Crippen molar-refractivity contribution in [3.63, 3.8) is 0 Å². The fraction of sp³-hybridized carbons (Fsp3) is 0.211. The van der Waals surface area contributed by atoms with Gasteiger partial charge in [0.2, 0.25) is 5.91 Å². The predicted molar refractivity (Wildman–Crippen MR) is 119 cm³/mol. The maximum absolute atomic E-state index is 12.6. The molecule has 0 radical (unpaired) electrons. The number of sulfonamides is 1. The molecule has 0 atom stereocenters. The maximum atomic E-state index is 12.6. The standard InChI is InChI=1S/C19H20ClN5O3S2/c1-11-15(29-18(23-11)24-17(26)19(2,3)21)12-9-14(16(20)22-10-12)25-30(27,28)13-7-5-4-6-8-13/h4-10,25H,21H2,1-3H3,(H,23,24,26). The summed E-state index contributed by atoms with van der Waals surface area (Å²) in [7, 11) is -3.83. The number of carbonyl (C=O) groups is 1. The fourth-order valence-electron chi connectivity index (χ4n) is 2.42. The Hall–Kier alpha value is -2.53. The Balaban J connectivity index is 1.92. The summed E-state index contributed by atoms with van der Waals surface area (Å²) in [6.07, 6.45) is 1.52. The lowest BCUT2D eigenvalue weighted by Gasteiger charge is -2.16. The number of rotatable bonds is 6. The molecule has 30 heavy (non-hydrogen) atoms. The van der Waals surface area contributed by atoms with Gasteiger partial charge in [0.15, 0.2) is 10.3 Å². The number of hydrogen-bond donors (Lipinski definition) is 3. The van der Waals surface area contributed by atoms with Crippen molar-refractivity contribution in [1.82, 2.24) is 9.97 Å². The molecule has 11 heteroatoms. The first-order chi connectivity index (χ1) is 14.0. The van der Waals surface area contributed by atoms with Crippen LogP contribution in [0.5, 0.6) is 0 Å². The molecule has 4 N–H and O–H groups in total. The number of pyridine rings is 1. The first-order valence-corrected chi connectivity index (χ1v) is 11.5. The summed E-state index contributed by atoms with van der Waals surface area (Å²) in [6, 6.07) is 9.52. The number of carbonyl (C=O) groups excluding carboxylic acids is 1.